The highest BCUT2D eigenvalue weighted by Gasteiger charge is 2.28. The zero-order valence-corrected chi connectivity index (χ0v) is 15.0. The van der Waals surface area contributed by atoms with E-state index < -0.39 is 0 Å². The van der Waals surface area contributed by atoms with Crippen molar-refractivity contribution < 1.29 is 14.3 Å². The fourth-order valence-corrected chi connectivity index (χ4v) is 3.70. The summed E-state index contributed by atoms with van der Waals surface area (Å²) in [6.45, 7) is 1.92. The Balaban J connectivity index is 1.36. The molecule has 1 aliphatic carbocycles. The van der Waals surface area contributed by atoms with E-state index in [1.54, 1.807) is 11.9 Å². The van der Waals surface area contributed by atoms with E-state index in [1.807, 2.05) is 0 Å². The maximum Gasteiger partial charge on any atom is 0.223 e. The SMILES string of the molecule is CN1CC[C@H](C(=O)NCCCO[C@@H]2CCCc3ccccc32)CC1=O. The molecule has 0 bridgehead atoms. The minimum absolute atomic E-state index is 0.00413. The molecule has 1 aromatic carbocycles. The number of benzene rings is 1. The molecule has 1 aliphatic heterocycles. The third kappa shape index (κ3) is 4.60. The first-order valence-electron chi connectivity index (χ1n) is 9.36. The third-order valence-corrected chi connectivity index (χ3v) is 5.28. The highest BCUT2D eigenvalue weighted by Crippen LogP contribution is 2.32. The van der Waals surface area contributed by atoms with E-state index in [2.05, 4.69) is 29.6 Å². The Morgan fingerprint density at radius 2 is 2.16 bits per heavy atom. The molecule has 3 rings (SSSR count). The summed E-state index contributed by atoms with van der Waals surface area (Å²) in [7, 11) is 1.79. The highest BCUT2D eigenvalue weighted by atomic mass is 16.5. The second-order valence-corrected chi connectivity index (χ2v) is 7.10. The predicted molar refractivity (Wildman–Crippen MR) is 96.1 cm³/mol. The number of piperidine rings is 1. The first-order chi connectivity index (χ1) is 12.1. The zero-order valence-electron chi connectivity index (χ0n) is 15.0. The number of hydrogen-bond acceptors (Lipinski definition) is 3. The van der Waals surface area contributed by atoms with Gasteiger partial charge in [0.25, 0.3) is 0 Å². The van der Waals surface area contributed by atoms with E-state index in [4.69, 9.17) is 4.74 Å². The summed E-state index contributed by atoms with van der Waals surface area (Å²) in [6.07, 6.45) is 5.45. The van der Waals surface area contributed by atoms with Crippen molar-refractivity contribution in [2.24, 2.45) is 5.92 Å². The lowest BCUT2D eigenvalue weighted by atomic mass is 9.89. The molecule has 0 spiro atoms. The smallest absolute Gasteiger partial charge is 0.223 e. The van der Waals surface area contributed by atoms with Crippen LogP contribution in [-0.4, -0.2) is 43.5 Å². The number of ether oxygens (including phenoxy) is 1. The zero-order chi connectivity index (χ0) is 17.6. The van der Waals surface area contributed by atoms with Gasteiger partial charge in [0.1, 0.15) is 0 Å². The molecule has 25 heavy (non-hydrogen) atoms. The lowest BCUT2D eigenvalue weighted by molar-refractivity contribution is -0.139. The number of nitrogens with zero attached hydrogens (tertiary/aromatic N) is 1. The van der Waals surface area contributed by atoms with Crippen molar-refractivity contribution in [3.05, 3.63) is 35.4 Å². The molecule has 2 amide bonds. The highest BCUT2D eigenvalue weighted by molar-refractivity contribution is 5.86. The maximum absolute atomic E-state index is 12.2. The molecule has 0 unspecified atom stereocenters. The van der Waals surface area contributed by atoms with Crippen molar-refractivity contribution in [2.45, 2.75) is 44.6 Å². The molecule has 1 saturated heterocycles. The summed E-state index contributed by atoms with van der Waals surface area (Å²) >= 11 is 0. The standard InChI is InChI=1S/C20H28N2O3/c1-22-12-10-16(14-19(22)23)20(24)21-11-5-13-25-18-9-4-7-15-6-2-3-8-17(15)18/h2-3,6,8,16,18H,4-5,7,9-14H2,1H3,(H,21,24)/t16-,18+/m0/s1. The number of carbonyl (C=O) groups is 2. The van der Waals surface area contributed by atoms with Gasteiger partial charge < -0.3 is 15.0 Å². The number of carbonyl (C=O) groups excluding carboxylic acids is 2. The van der Waals surface area contributed by atoms with Gasteiger partial charge >= 0.3 is 0 Å². The molecule has 2 atom stereocenters. The van der Waals surface area contributed by atoms with Crippen LogP contribution in [0.1, 0.15) is 49.3 Å². The summed E-state index contributed by atoms with van der Waals surface area (Å²) in [5.41, 5.74) is 2.72. The van der Waals surface area contributed by atoms with Crippen LogP contribution in [0.25, 0.3) is 0 Å². The minimum atomic E-state index is -0.171. The first kappa shape index (κ1) is 17.9. The van der Waals surface area contributed by atoms with Crippen LogP contribution in [-0.2, 0) is 20.7 Å². The van der Waals surface area contributed by atoms with E-state index in [-0.39, 0.29) is 23.8 Å². The monoisotopic (exact) mass is 344 g/mol. The Morgan fingerprint density at radius 1 is 1.32 bits per heavy atom. The molecule has 1 N–H and O–H groups in total. The number of nitrogens with one attached hydrogen (secondary N) is 1. The van der Waals surface area contributed by atoms with Gasteiger partial charge in [0.05, 0.1) is 6.10 Å². The fourth-order valence-electron chi connectivity index (χ4n) is 3.70. The molecule has 5 nitrogen and oxygen atoms in total. The van der Waals surface area contributed by atoms with E-state index in [0.29, 0.717) is 26.1 Å². The van der Waals surface area contributed by atoms with Crippen molar-refractivity contribution in [3.8, 4) is 0 Å². The average Bonchev–Trinajstić information content (AvgIpc) is 2.63. The molecule has 5 heteroatoms. The molecule has 136 valence electrons. The van der Waals surface area contributed by atoms with Crippen LogP contribution in [0, 0.1) is 5.92 Å². The summed E-state index contributed by atoms with van der Waals surface area (Å²) in [6, 6.07) is 8.51. The van der Waals surface area contributed by atoms with Crippen molar-refractivity contribution in [1.82, 2.24) is 10.2 Å². The van der Waals surface area contributed by atoms with Crippen molar-refractivity contribution in [3.63, 3.8) is 0 Å². The molecule has 1 heterocycles. The van der Waals surface area contributed by atoms with Gasteiger partial charge in [-0.25, -0.2) is 0 Å². The number of likely N-dealkylation sites (tertiary alicyclic amines) is 1. The lowest BCUT2D eigenvalue weighted by Gasteiger charge is -2.28. The van der Waals surface area contributed by atoms with Gasteiger partial charge in [-0.3, -0.25) is 9.59 Å². The topological polar surface area (TPSA) is 58.6 Å². The molecular weight excluding hydrogens is 316 g/mol. The van der Waals surface area contributed by atoms with Crippen LogP contribution in [0.3, 0.4) is 0 Å². The normalized spacial score (nSPS) is 23.2. The van der Waals surface area contributed by atoms with Gasteiger partial charge in [0.2, 0.25) is 11.8 Å². The van der Waals surface area contributed by atoms with Crippen LogP contribution in [0.5, 0.6) is 0 Å². The van der Waals surface area contributed by atoms with Gasteiger partial charge in [0.15, 0.2) is 0 Å². The quantitative estimate of drug-likeness (QED) is 0.807. The van der Waals surface area contributed by atoms with Crippen LogP contribution in [0.15, 0.2) is 24.3 Å². The van der Waals surface area contributed by atoms with Gasteiger partial charge in [-0.15, -0.1) is 0 Å². The number of hydrogen-bond donors (Lipinski definition) is 1. The van der Waals surface area contributed by atoms with E-state index in [9.17, 15) is 9.59 Å². The fraction of sp³-hybridized carbons (Fsp3) is 0.600. The van der Waals surface area contributed by atoms with E-state index in [0.717, 1.165) is 25.7 Å². The average molecular weight is 344 g/mol. The molecule has 0 aromatic heterocycles. The maximum atomic E-state index is 12.2. The number of rotatable bonds is 6. The second-order valence-electron chi connectivity index (χ2n) is 7.10. The minimum Gasteiger partial charge on any atom is -0.373 e. The Morgan fingerprint density at radius 3 is 3.00 bits per heavy atom. The van der Waals surface area contributed by atoms with E-state index >= 15 is 0 Å². The largest absolute Gasteiger partial charge is 0.373 e. The molecule has 1 fully saturated rings. The third-order valence-electron chi connectivity index (χ3n) is 5.28. The van der Waals surface area contributed by atoms with Crippen LogP contribution in [0.4, 0.5) is 0 Å². The Kier molecular flexibility index (Phi) is 6.08. The van der Waals surface area contributed by atoms with Gasteiger partial charge in [-0.1, -0.05) is 24.3 Å². The number of amides is 2. The molecule has 0 saturated carbocycles. The predicted octanol–water partition coefficient (Wildman–Crippen LogP) is 2.46. The van der Waals surface area contributed by atoms with Crippen LogP contribution in [0.2, 0.25) is 0 Å². The summed E-state index contributed by atoms with van der Waals surface area (Å²) in [5.74, 6) is -0.106. The Labute approximate surface area is 149 Å². The number of aryl methyl sites for hydroxylation is 1. The molecular formula is C20H28N2O3. The Bertz CT molecular complexity index is 617. The molecule has 0 radical (unpaired) electrons. The summed E-state index contributed by atoms with van der Waals surface area (Å²) < 4.78 is 6.06. The summed E-state index contributed by atoms with van der Waals surface area (Å²) in [4.78, 5) is 25.5. The van der Waals surface area contributed by atoms with Crippen molar-refractivity contribution in [2.75, 3.05) is 26.7 Å². The van der Waals surface area contributed by atoms with Crippen LogP contribution >= 0.6 is 0 Å². The molecule has 1 aromatic rings. The van der Waals surface area contributed by atoms with E-state index in [1.165, 1.54) is 17.5 Å². The Hall–Kier alpha value is -1.88. The van der Waals surface area contributed by atoms with Gasteiger partial charge in [-0.05, 0) is 43.2 Å². The van der Waals surface area contributed by atoms with Crippen molar-refractivity contribution in [1.29, 1.82) is 0 Å². The first-order valence-corrected chi connectivity index (χ1v) is 9.36. The van der Waals surface area contributed by atoms with Gasteiger partial charge in [-0.2, -0.15) is 0 Å². The van der Waals surface area contributed by atoms with Crippen molar-refractivity contribution >= 4 is 11.8 Å². The second kappa shape index (κ2) is 8.48. The van der Waals surface area contributed by atoms with Gasteiger partial charge in [0, 0.05) is 39.1 Å². The number of fused-ring (bicyclic) bond motifs is 1. The summed E-state index contributed by atoms with van der Waals surface area (Å²) in [5, 5.41) is 2.95. The lowest BCUT2D eigenvalue weighted by Crippen LogP contribution is -2.42. The molecule has 2 aliphatic rings. The van der Waals surface area contributed by atoms with Crippen LogP contribution < -0.4 is 5.32 Å².